The highest BCUT2D eigenvalue weighted by atomic mass is 15.1. The van der Waals surface area contributed by atoms with E-state index in [1.807, 2.05) is 0 Å². The van der Waals surface area contributed by atoms with Gasteiger partial charge in [-0.1, -0.05) is 30.3 Å². The normalized spacial score (nSPS) is 24.7. The fourth-order valence-electron chi connectivity index (χ4n) is 5.00. The molecule has 146 valence electrons. The molecule has 0 aliphatic carbocycles. The molecule has 5 rings (SSSR count). The molecule has 0 bridgehead atoms. The maximum Gasteiger partial charge on any atom is 0.114 e. The summed E-state index contributed by atoms with van der Waals surface area (Å²) in [4.78, 5) is 5.25. The van der Waals surface area contributed by atoms with Crippen molar-refractivity contribution in [1.29, 1.82) is 0 Å². The van der Waals surface area contributed by atoms with Crippen molar-refractivity contribution in [3.05, 3.63) is 59.4 Å². The van der Waals surface area contributed by atoms with Crippen molar-refractivity contribution in [1.82, 2.24) is 14.9 Å². The lowest BCUT2D eigenvalue weighted by Gasteiger charge is -2.31. The van der Waals surface area contributed by atoms with Crippen LogP contribution in [0.25, 0.3) is 11.0 Å². The standard InChI is InChI=1S/C24H30N4/c1-16-8-9-20-21(26-16)10-11-22-24(20)27-23(15-18-6-4-3-5-7-18)28(22)19-12-13-25-17(2)14-19/h3-7,10-11,16-17,19,25-26H,8-9,12-15H2,1-2H3/t16-,17+,19-/m0/s1. The molecule has 0 spiro atoms. The molecule has 2 aromatic carbocycles. The van der Waals surface area contributed by atoms with Crippen molar-refractivity contribution in [2.75, 3.05) is 11.9 Å². The Balaban J connectivity index is 1.64. The molecule has 28 heavy (non-hydrogen) atoms. The van der Waals surface area contributed by atoms with Crippen LogP contribution in [0.1, 0.15) is 56.1 Å². The van der Waals surface area contributed by atoms with E-state index < -0.39 is 0 Å². The topological polar surface area (TPSA) is 41.9 Å². The lowest BCUT2D eigenvalue weighted by molar-refractivity contribution is 0.314. The van der Waals surface area contributed by atoms with E-state index >= 15 is 0 Å². The van der Waals surface area contributed by atoms with Crippen molar-refractivity contribution in [2.24, 2.45) is 0 Å². The van der Waals surface area contributed by atoms with Gasteiger partial charge in [0.25, 0.3) is 0 Å². The van der Waals surface area contributed by atoms with Gasteiger partial charge in [-0.15, -0.1) is 0 Å². The average Bonchev–Trinajstić information content (AvgIpc) is 3.06. The van der Waals surface area contributed by atoms with Gasteiger partial charge in [-0.25, -0.2) is 4.98 Å². The van der Waals surface area contributed by atoms with Gasteiger partial charge in [-0.05, 0) is 63.8 Å². The Morgan fingerprint density at radius 3 is 2.71 bits per heavy atom. The Kier molecular flexibility index (Phi) is 4.59. The van der Waals surface area contributed by atoms with Gasteiger partial charge >= 0.3 is 0 Å². The summed E-state index contributed by atoms with van der Waals surface area (Å²) in [6.07, 6.45) is 5.53. The fourth-order valence-corrected chi connectivity index (χ4v) is 5.00. The molecule has 0 radical (unpaired) electrons. The van der Waals surface area contributed by atoms with Gasteiger partial charge < -0.3 is 15.2 Å². The van der Waals surface area contributed by atoms with Gasteiger partial charge in [0.05, 0.1) is 11.0 Å². The van der Waals surface area contributed by atoms with E-state index in [4.69, 9.17) is 4.98 Å². The molecule has 0 amide bonds. The van der Waals surface area contributed by atoms with Crippen LogP contribution in [-0.4, -0.2) is 28.2 Å². The molecule has 3 aromatic rings. The van der Waals surface area contributed by atoms with E-state index in [0.717, 1.165) is 19.4 Å². The quantitative estimate of drug-likeness (QED) is 0.699. The average molecular weight is 375 g/mol. The number of fused-ring (bicyclic) bond motifs is 3. The van der Waals surface area contributed by atoms with Crippen molar-refractivity contribution >= 4 is 16.7 Å². The van der Waals surface area contributed by atoms with Gasteiger partial charge in [-0.3, -0.25) is 0 Å². The number of nitrogens with zero attached hydrogens (tertiary/aromatic N) is 2. The van der Waals surface area contributed by atoms with E-state index in [1.165, 1.54) is 52.9 Å². The maximum atomic E-state index is 5.25. The fraction of sp³-hybridized carbons (Fsp3) is 0.458. The third-order valence-corrected chi connectivity index (χ3v) is 6.44. The summed E-state index contributed by atoms with van der Waals surface area (Å²) in [5.41, 5.74) is 6.56. The molecule has 0 saturated carbocycles. The number of hydrogen-bond acceptors (Lipinski definition) is 3. The van der Waals surface area contributed by atoms with Crippen LogP contribution < -0.4 is 10.6 Å². The molecule has 4 heteroatoms. The van der Waals surface area contributed by atoms with Crippen LogP contribution in [0.15, 0.2) is 42.5 Å². The molecule has 2 N–H and O–H groups in total. The number of imidazole rings is 1. The first-order chi connectivity index (χ1) is 13.7. The van der Waals surface area contributed by atoms with E-state index in [0.29, 0.717) is 18.1 Å². The number of piperidine rings is 1. The molecule has 1 saturated heterocycles. The Labute approximate surface area is 167 Å². The molecule has 3 atom stereocenters. The summed E-state index contributed by atoms with van der Waals surface area (Å²) in [7, 11) is 0. The first kappa shape index (κ1) is 17.7. The minimum atomic E-state index is 0.522. The van der Waals surface area contributed by atoms with Gasteiger partial charge in [-0.2, -0.15) is 0 Å². The molecular weight excluding hydrogens is 344 g/mol. The zero-order valence-electron chi connectivity index (χ0n) is 16.9. The zero-order chi connectivity index (χ0) is 19.1. The predicted molar refractivity (Wildman–Crippen MR) is 116 cm³/mol. The number of benzene rings is 2. The maximum absolute atomic E-state index is 5.25. The lowest BCUT2D eigenvalue weighted by Crippen LogP contribution is -2.37. The monoisotopic (exact) mass is 374 g/mol. The molecule has 1 aromatic heterocycles. The van der Waals surface area contributed by atoms with Crippen molar-refractivity contribution < 1.29 is 0 Å². The second-order valence-electron chi connectivity index (χ2n) is 8.64. The Morgan fingerprint density at radius 2 is 1.89 bits per heavy atom. The number of aromatic nitrogens is 2. The third-order valence-electron chi connectivity index (χ3n) is 6.44. The van der Waals surface area contributed by atoms with Crippen LogP contribution in [0.4, 0.5) is 5.69 Å². The largest absolute Gasteiger partial charge is 0.382 e. The molecule has 0 unspecified atom stereocenters. The second-order valence-corrected chi connectivity index (χ2v) is 8.64. The summed E-state index contributed by atoms with van der Waals surface area (Å²) in [5.74, 6) is 1.22. The smallest absolute Gasteiger partial charge is 0.114 e. The first-order valence-corrected chi connectivity index (χ1v) is 10.8. The summed E-state index contributed by atoms with van der Waals surface area (Å²) in [6, 6.07) is 17.0. The van der Waals surface area contributed by atoms with Gasteiger partial charge in [0.15, 0.2) is 0 Å². The molecule has 2 aliphatic rings. The van der Waals surface area contributed by atoms with Crippen LogP contribution in [0, 0.1) is 0 Å². The molecule has 4 nitrogen and oxygen atoms in total. The number of hydrogen-bond donors (Lipinski definition) is 2. The van der Waals surface area contributed by atoms with Crippen molar-refractivity contribution in [3.8, 4) is 0 Å². The van der Waals surface area contributed by atoms with Crippen molar-refractivity contribution in [3.63, 3.8) is 0 Å². The van der Waals surface area contributed by atoms with E-state index in [-0.39, 0.29) is 0 Å². The minimum absolute atomic E-state index is 0.522. The molecule has 1 fully saturated rings. The van der Waals surface area contributed by atoms with Crippen LogP contribution >= 0.6 is 0 Å². The van der Waals surface area contributed by atoms with Crippen LogP contribution in [0.5, 0.6) is 0 Å². The summed E-state index contributed by atoms with van der Waals surface area (Å²) < 4.78 is 2.57. The Hall–Kier alpha value is -2.33. The SMILES string of the molecule is C[C@@H]1C[C@@H](n2c(Cc3ccccc3)nc3c4c(ccc32)N[C@@H](C)CC4)CCN1. The Morgan fingerprint density at radius 1 is 1.04 bits per heavy atom. The number of anilines is 1. The molecular formula is C24H30N4. The van der Waals surface area contributed by atoms with Crippen LogP contribution in [0.3, 0.4) is 0 Å². The number of rotatable bonds is 3. The summed E-state index contributed by atoms with van der Waals surface area (Å²) in [6.45, 7) is 5.65. The van der Waals surface area contributed by atoms with Crippen LogP contribution in [-0.2, 0) is 12.8 Å². The number of aryl methyl sites for hydroxylation is 1. The van der Waals surface area contributed by atoms with Gasteiger partial charge in [0.1, 0.15) is 5.82 Å². The van der Waals surface area contributed by atoms with Gasteiger partial charge in [0.2, 0.25) is 0 Å². The van der Waals surface area contributed by atoms with E-state index in [9.17, 15) is 0 Å². The molecule has 2 aliphatic heterocycles. The van der Waals surface area contributed by atoms with E-state index in [1.54, 1.807) is 0 Å². The van der Waals surface area contributed by atoms with E-state index in [2.05, 4.69) is 71.5 Å². The highest BCUT2D eigenvalue weighted by molar-refractivity contribution is 5.86. The first-order valence-electron chi connectivity index (χ1n) is 10.8. The van der Waals surface area contributed by atoms with Crippen molar-refractivity contribution in [2.45, 2.75) is 64.1 Å². The second kappa shape index (κ2) is 7.25. The minimum Gasteiger partial charge on any atom is -0.382 e. The third kappa shape index (κ3) is 3.20. The summed E-state index contributed by atoms with van der Waals surface area (Å²) >= 11 is 0. The number of nitrogens with one attached hydrogen (secondary N) is 2. The van der Waals surface area contributed by atoms with Crippen LogP contribution in [0.2, 0.25) is 0 Å². The summed E-state index contributed by atoms with van der Waals surface area (Å²) in [5, 5.41) is 7.26. The molecule has 3 heterocycles. The Bertz CT molecular complexity index is 975. The highest BCUT2D eigenvalue weighted by Crippen LogP contribution is 2.36. The predicted octanol–water partition coefficient (Wildman–Crippen LogP) is 4.69. The highest BCUT2D eigenvalue weighted by Gasteiger charge is 2.27. The lowest BCUT2D eigenvalue weighted by atomic mass is 9.97. The zero-order valence-corrected chi connectivity index (χ0v) is 16.9. The van der Waals surface area contributed by atoms with Gasteiger partial charge in [0, 0.05) is 35.8 Å².